The second-order valence-electron chi connectivity index (χ2n) is 9.56. The van der Waals surface area contributed by atoms with E-state index in [4.69, 9.17) is 19.2 Å². The van der Waals surface area contributed by atoms with Crippen LogP contribution >= 0.6 is 11.3 Å². The van der Waals surface area contributed by atoms with Crippen LogP contribution < -0.4 is 19.8 Å². The van der Waals surface area contributed by atoms with E-state index in [1.807, 2.05) is 18.2 Å². The van der Waals surface area contributed by atoms with E-state index >= 15 is 0 Å². The highest BCUT2D eigenvalue weighted by Gasteiger charge is 2.20. The Morgan fingerprint density at radius 2 is 1.78 bits per heavy atom. The van der Waals surface area contributed by atoms with Gasteiger partial charge in [0.15, 0.2) is 11.5 Å². The van der Waals surface area contributed by atoms with Gasteiger partial charge in [-0.25, -0.2) is 4.98 Å². The summed E-state index contributed by atoms with van der Waals surface area (Å²) in [6.45, 7) is 7.18. The third-order valence-electron chi connectivity index (χ3n) is 6.65. The number of aromatic amines is 1. The smallest absolute Gasteiger partial charge is 0.260 e. The molecular weight excluding hydrogens is 472 g/mol. The van der Waals surface area contributed by atoms with E-state index in [1.54, 1.807) is 18.4 Å². The largest absolute Gasteiger partial charge is 0.493 e. The number of ether oxygens (including phenoxy) is 3. The number of aryl methyl sites for hydroxylation is 3. The molecule has 2 heterocycles. The first kappa shape index (κ1) is 24.4. The van der Waals surface area contributed by atoms with Gasteiger partial charge in [-0.2, -0.15) is 0 Å². The van der Waals surface area contributed by atoms with Crippen LogP contribution in [0.2, 0.25) is 0 Å². The van der Waals surface area contributed by atoms with Gasteiger partial charge in [0.05, 0.1) is 12.5 Å². The Morgan fingerprint density at radius 3 is 2.56 bits per heavy atom. The molecule has 7 heteroatoms. The summed E-state index contributed by atoms with van der Waals surface area (Å²) in [7, 11) is 1.61. The Balaban J connectivity index is 1.31. The van der Waals surface area contributed by atoms with Crippen LogP contribution in [0.25, 0.3) is 21.6 Å². The molecule has 0 bridgehead atoms. The summed E-state index contributed by atoms with van der Waals surface area (Å²) in [5.74, 6) is 3.02. The molecule has 0 spiro atoms. The number of rotatable bonds is 8. The molecule has 6 nitrogen and oxygen atoms in total. The van der Waals surface area contributed by atoms with Gasteiger partial charge >= 0.3 is 0 Å². The van der Waals surface area contributed by atoms with Gasteiger partial charge in [-0.1, -0.05) is 26.0 Å². The minimum atomic E-state index is -0.0669. The van der Waals surface area contributed by atoms with E-state index in [0.29, 0.717) is 36.5 Å². The number of hydrogen-bond acceptors (Lipinski definition) is 6. The number of H-pyrrole nitrogens is 1. The normalized spacial score (nSPS) is 13.1. The lowest BCUT2D eigenvalue weighted by molar-refractivity contribution is 0.210. The Morgan fingerprint density at radius 1 is 1.00 bits per heavy atom. The molecule has 2 aromatic carbocycles. The molecule has 0 aliphatic heterocycles. The average Bonchev–Trinajstić information content (AvgIpc) is 3.25. The van der Waals surface area contributed by atoms with Crippen molar-refractivity contribution in [1.29, 1.82) is 0 Å². The molecule has 0 atom stereocenters. The van der Waals surface area contributed by atoms with Gasteiger partial charge in [0.2, 0.25) is 0 Å². The molecule has 0 saturated carbocycles. The van der Waals surface area contributed by atoms with E-state index < -0.39 is 0 Å². The lowest BCUT2D eigenvalue weighted by Gasteiger charge is -2.16. The number of nitrogens with one attached hydrogen (secondary N) is 1. The minimum absolute atomic E-state index is 0.0669. The molecule has 36 heavy (non-hydrogen) atoms. The third kappa shape index (κ3) is 4.85. The zero-order chi connectivity index (χ0) is 25.2. The summed E-state index contributed by atoms with van der Waals surface area (Å²) in [5, 5.41) is 0.764. The van der Waals surface area contributed by atoms with E-state index in [0.717, 1.165) is 40.8 Å². The van der Waals surface area contributed by atoms with E-state index in [9.17, 15) is 4.79 Å². The summed E-state index contributed by atoms with van der Waals surface area (Å²) in [4.78, 5) is 22.9. The maximum absolute atomic E-state index is 12.9. The van der Waals surface area contributed by atoms with Crippen LogP contribution in [-0.2, 0) is 12.8 Å². The second kappa shape index (κ2) is 10.3. The van der Waals surface area contributed by atoms with Gasteiger partial charge in [-0.15, -0.1) is 11.3 Å². The van der Waals surface area contributed by atoms with Crippen molar-refractivity contribution in [3.63, 3.8) is 0 Å². The van der Waals surface area contributed by atoms with Crippen LogP contribution in [-0.4, -0.2) is 30.3 Å². The molecule has 0 radical (unpaired) electrons. The van der Waals surface area contributed by atoms with E-state index in [-0.39, 0.29) is 5.56 Å². The number of benzene rings is 2. The molecular formula is C29H32N2O4S. The Hall–Kier alpha value is -3.32. The van der Waals surface area contributed by atoms with E-state index in [2.05, 4.69) is 44.0 Å². The summed E-state index contributed by atoms with van der Waals surface area (Å²) in [6, 6.07) is 11.9. The lowest BCUT2D eigenvalue weighted by Crippen LogP contribution is -2.12. The molecule has 2 aromatic heterocycles. The first-order chi connectivity index (χ1) is 17.4. The highest BCUT2D eigenvalue weighted by Crippen LogP contribution is 2.36. The van der Waals surface area contributed by atoms with Crippen molar-refractivity contribution in [2.24, 2.45) is 0 Å². The first-order valence-electron chi connectivity index (χ1n) is 12.5. The predicted octanol–water partition coefficient (Wildman–Crippen LogP) is 6.43. The number of thiophene rings is 1. The van der Waals surface area contributed by atoms with E-state index in [1.165, 1.54) is 28.0 Å². The van der Waals surface area contributed by atoms with Crippen LogP contribution in [0.4, 0.5) is 0 Å². The molecule has 0 fully saturated rings. The summed E-state index contributed by atoms with van der Waals surface area (Å²) in [6.07, 6.45) is 4.31. The molecule has 5 rings (SSSR count). The maximum atomic E-state index is 12.9. The van der Waals surface area contributed by atoms with Gasteiger partial charge < -0.3 is 19.2 Å². The third-order valence-corrected chi connectivity index (χ3v) is 7.84. The van der Waals surface area contributed by atoms with Gasteiger partial charge in [-0.05, 0) is 79.5 Å². The summed E-state index contributed by atoms with van der Waals surface area (Å²) < 4.78 is 17.6. The summed E-state index contributed by atoms with van der Waals surface area (Å²) in [5.41, 5.74) is 4.26. The Kier molecular flexibility index (Phi) is 7.01. The average molecular weight is 505 g/mol. The van der Waals surface area contributed by atoms with Crippen LogP contribution in [0.3, 0.4) is 0 Å². The maximum Gasteiger partial charge on any atom is 0.260 e. The van der Waals surface area contributed by atoms with Crippen LogP contribution in [0.15, 0.2) is 41.2 Å². The number of hydrogen-bond donors (Lipinski definition) is 1. The van der Waals surface area contributed by atoms with Gasteiger partial charge in [0.1, 0.15) is 29.6 Å². The molecule has 188 valence electrons. The number of fused-ring (bicyclic) bond motifs is 3. The van der Waals surface area contributed by atoms with Gasteiger partial charge in [-0.3, -0.25) is 4.79 Å². The van der Waals surface area contributed by atoms with Crippen molar-refractivity contribution in [3.05, 3.63) is 68.3 Å². The molecule has 1 N–H and O–H groups in total. The SMILES string of the molecule is COc1cc(-c2nc3sc4c(c3c(=O)[nH]2)CCCC4)ccc1OCCOc1cc(C)ccc1C(C)C. The van der Waals surface area contributed by atoms with Gasteiger partial charge in [0.25, 0.3) is 5.56 Å². The Labute approximate surface area is 215 Å². The van der Waals surface area contributed by atoms with Crippen molar-refractivity contribution in [2.45, 2.75) is 52.4 Å². The van der Waals surface area contributed by atoms with Crippen molar-refractivity contribution < 1.29 is 14.2 Å². The summed E-state index contributed by atoms with van der Waals surface area (Å²) >= 11 is 1.65. The molecule has 0 saturated heterocycles. The molecule has 1 aliphatic rings. The monoisotopic (exact) mass is 504 g/mol. The van der Waals surface area contributed by atoms with Crippen LogP contribution in [0, 0.1) is 6.92 Å². The lowest BCUT2D eigenvalue weighted by atomic mass is 9.97. The van der Waals surface area contributed by atoms with Crippen LogP contribution in [0.1, 0.15) is 54.2 Å². The van der Waals surface area contributed by atoms with Crippen LogP contribution in [0.5, 0.6) is 17.2 Å². The molecule has 0 unspecified atom stereocenters. The predicted molar refractivity (Wildman–Crippen MR) is 145 cm³/mol. The molecule has 4 aromatic rings. The van der Waals surface area contributed by atoms with Crippen molar-refractivity contribution in [1.82, 2.24) is 9.97 Å². The highest BCUT2D eigenvalue weighted by molar-refractivity contribution is 7.18. The zero-order valence-electron chi connectivity index (χ0n) is 21.3. The van der Waals surface area contributed by atoms with Crippen molar-refractivity contribution in [2.75, 3.05) is 20.3 Å². The second-order valence-corrected chi connectivity index (χ2v) is 10.6. The number of nitrogens with zero attached hydrogens (tertiary/aromatic N) is 1. The number of aromatic nitrogens is 2. The zero-order valence-corrected chi connectivity index (χ0v) is 22.1. The van der Waals surface area contributed by atoms with Gasteiger partial charge in [0, 0.05) is 10.4 Å². The topological polar surface area (TPSA) is 73.4 Å². The fourth-order valence-electron chi connectivity index (χ4n) is 4.78. The number of methoxy groups -OCH3 is 1. The standard InChI is InChI=1S/C29H32N2O4S/c1-17(2)20-11-9-18(3)15-23(20)35-14-13-34-22-12-10-19(16-24(22)33-4)27-30-28(32)26-21-7-5-6-8-25(21)36-29(26)31-27/h9-12,15-17H,5-8,13-14H2,1-4H3,(H,30,31,32). The Bertz CT molecular complexity index is 1450. The quantitative estimate of drug-likeness (QED) is 0.280. The minimum Gasteiger partial charge on any atom is -0.493 e. The van der Waals surface area contributed by atoms with Crippen molar-refractivity contribution >= 4 is 21.6 Å². The molecule has 1 aliphatic carbocycles. The fourth-order valence-corrected chi connectivity index (χ4v) is 6.04. The fraction of sp³-hybridized carbons (Fsp3) is 0.379. The van der Waals surface area contributed by atoms with Crippen molar-refractivity contribution in [3.8, 4) is 28.6 Å². The highest BCUT2D eigenvalue weighted by atomic mass is 32.1. The molecule has 0 amide bonds. The first-order valence-corrected chi connectivity index (χ1v) is 13.4.